The molecule has 0 heterocycles. The Morgan fingerprint density at radius 2 is 2.00 bits per heavy atom. The van der Waals surface area contributed by atoms with Gasteiger partial charge in [0.2, 0.25) is 9.84 Å². The molecule has 0 aliphatic heterocycles. The number of nitrogens with zero attached hydrogens (tertiary/aromatic N) is 1. The summed E-state index contributed by atoms with van der Waals surface area (Å²) in [7, 11) is -1.02. The summed E-state index contributed by atoms with van der Waals surface area (Å²) in [6, 6.07) is 7.64. The number of benzene rings is 1. The second-order valence-corrected chi connectivity index (χ2v) is 7.53. The summed E-state index contributed by atoms with van der Waals surface area (Å²) in [6.07, 6.45) is 4.39. The number of methoxy groups -OCH3 is 1. The summed E-state index contributed by atoms with van der Waals surface area (Å²) >= 11 is -2.74. The van der Waals surface area contributed by atoms with E-state index in [1.165, 1.54) is 24.3 Å². The van der Waals surface area contributed by atoms with Crippen molar-refractivity contribution in [3.8, 4) is 0 Å². The molecule has 1 aromatic carbocycles. The fraction of sp³-hybridized carbons (Fsp3) is 0.333. The Morgan fingerprint density at radius 3 is 2.48 bits per heavy atom. The van der Waals surface area contributed by atoms with E-state index in [1.54, 1.807) is 24.4 Å². The lowest BCUT2D eigenvalue weighted by Gasteiger charge is -2.21. The van der Waals surface area contributed by atoms with Crippen molar-refractivity contribution >= 4 is 20.9 Å². The molecule has 0 N–H and O–H groups in total. The van der Waals surface area contributed by atoms with Crippen LogP contribution in [0.5, 0.6) is 0 Å². The summed E-state index contributed by atoms with van der Waals surface area (Å²) in [5.74, 6) is 0. The van der Waals surface area contributed by atoms with Gasteiger partial charge in [-0.3, -0.25) is 4.21 Å². The summed E-state index contributed by atoms with van der Waals surface area (Å²) in [5, 5.41) is 0. The number of allylic oxidation sites excluding steroid dienone is 2. The third kappa shape index (κ3) is 5.28. The quantitative estimate of drug-likeness (QED) is 0.519. The van der Waals surface area contributed by atoms with E-state index in [1.807, 2.05) is 18.9 Å². The molecule has 23 heavy (non-hydrogen) atoms. The predicted octanol–water partition coefficient (Wildman–Crippen LogP) is 1.66. The molecule has 8 heteroatoms. The molecule has 0 saturated heterocycles. The zero-order valence-electron chi connectivity index (χ0n) is 13.2. The first-order chi connectivity index (χ1) is 10.8. The highest BCUT2D eigenvalue weighted by Crippen LogP contribution is 2.24. The lowest BCUT2D eigenvalue weighted by molar-refractivity contribution is 0.191. The second-order valence-electron chi connectivity index (χ2n) is 4.63. The minimum atomic E-state index is -3.99. The van der Waals surface area contributed by atoms with Gasteiger partial charge in [-0.1, -0.05) is 18.2 Å². The van der Waals surface area contributed by atoms with Crippen LogP contribution in [0.3, 0.4) is 0 Å². The largest absolute Gasteiger partial charge is 0.770 e. The van der Waals surface area contributed by atoms with Gasteiger partial charge in [0.15, 0.2) is 5.44 Å². The maximum Gasteiger partial charge on any atom is 0.206 e. The molecule has 0 radical (unpaired) electrons. The first kappa shape index (κ1) is 19.6. The molecule has 2 atom stereocenters. The van der Waals surface area contributed by atoms with Gasteiger partial charge < -0.3 is 14.2 Å². The van der Waals surface area contributed by atoms with E-state index in [2.05, 4.69) is 0 Å². The van der Waals surface area contributed by atoms with E-state index in [9.17, 15) is 17.2 Å². The zero-order valence-corrected chi connectivity index (χ0v) is 14.8. The number of ether oxygens (including phenoxy) is 1. The molecule has 2 unspecified atom stereocenters. The van der Waals surface area contributed by atoms with Crippen LogP contribution in [0.2, 0.25) is 0 Å². The Kier molecular flexibility index (Phi) is 7.63. The highest BCUT2D eigenvalue weighted by atomic mass is 32.2. The summed E-state index contributed by atoms with van der Waals surface area (Å²) in [4.78, 5) is 1.50. The van der Waals surface area contributed by atoms with Crippen LogP contribution in [0.25, 0.3) is 0 Å². The third-order valence-electron chi connectivity index (χ3n) is 3.08. The highest BCUT2D eigenvalue weighted by Gasteiger charge is 2.28. The Bertz CT molecular complexity index is 683. The molecule has 0 aliphatic rings. The molecule has 0 amide bonds. The van der Waals surface area contributed by atoms with Gasteiger partial charge in [-0.15, -0.1) is 0 Å². The SMILES string of the molecule is CCN(C)C=CC=C(C(OC)S(=O)[O-])S(=O)(=O)c1ccccc1. The molecular weight excluding hydrogens is 338 g/mol. The average molecular weight is 358 g/mol. The number of hydrogen-bond acceptors (Lipinski definition) is 6. The normalized spacial score (nSPS) is 15.6. The Hall–Kier alpha value is -1.48. The van der Waals surface area contributed by atoms with Crippen molar-refractivity contribution in [1.29, 1.82) is 0 Å². The molecule has 0 aromatic heterocycles. The number of hydrogen-bond donors (Lipinski definition) is 0. The Morgan fingerprint density at radius 1 is 1.39 bits per heavy atom. The number of rotatable bonds is 8. The van der Waals surface area contributed by atoms with Crippen LogP contribution < -0.4 is 0 Å². The molecule has 1 rings (SSSR count). The lowest BCUT2D eigenvalue weighted by Crippen LogP contribution is -2.25. The van der Waals surface area contributed by atoms with Crippen LogP contribution in [0.4, 0.5) is 0 Å². The van der Waals surface area contributed by atoms with E-state index >= 15 is 0 Å². The molecule has 0 fully saturated rings. The van der Waals surface area contributed by atoms with Gasteiger partial charge in [-0.25, -0.2) is 8.42 Å². The molecule has 6 nitrogen and oxygen atoms in total. The van der Waals surface area contributed by atoms with Crippen LogP contribution in [0.15, 0.2) is 58.5 Å². The predicted molar refractivity (Wildman–Crippen MR) is 88.9 cm³/mol. The first-order valence-corrected chi connectivity index (χ1v) is 9.46. The maximum atomic E-state index is 12.7. The Labute approximate surface area is 139 Å². The van der Waals surface area contributed by atoms with Crippen LogP contribution in [0.1, 0.15) is 6.92 Å². The fourth-order valence-electron chi connectivity index (χ4n) is 1.71. The van der Waals surface area contributed by atoms with Gasteiger partial charge >= 0.3 is 0 Å². The van der Waals surface area contributed by atoms with Crippen LogP contribution >= 0.6 is 0 Å². The van der Waals surface area contributed by atoms with Gasteiger partial charge in [-0.2, -0.15) is 0 Å². The first-order valence-electron chi connectivity index (χ1n) is 6.84. The van der Waals surface area contributed by atoms with Crippen molar-refractivity contribution in [3.63, 3.8) is 0 Å². The topological polar surface area (TPSA) is 86.7 Å². The molecule has 0 aliphatic carbocycles. The molecule has 0 bridgehead atoms. The molecule has 0 spiro atoms. The summed E-state index contributed by atoms with van der Waals surface area (Å²) in [6.45, 7) is 2.66. The van der Waals surface area contributed by atoms with Crippen LogP contribution in [-0.4, -0.2) is 48.2 Å². The summed E-state index contributed by atoms with van der Waals surface area (Å²) in [5.41, 5.74) is -1.57. The van der Waals surface area contributed by atoms with E-state index in [0.717, 1.165) is 13.7 Å². The van der Waals surface area contributed by atoms with Gasteiger partial charge in [0.05, 0.1) is 9.80 Å². The van der Waals surface area contributed by atoms with Crippen molar-refractivity contribution in [3.05, 3.63) is 53.6 Å². The molecule has 128 valence electrons. The van der Waals surface area contributed by atoms with Crippen molar-refractivity contribution in [1.82, 2.24) is 4.90 Å². The van der Waals surface area contributed by atoms with Gasteiger partial charge in [0.25, 0.3) is 0 Å². The van der Waals surface area contributed by atoms with Gasteiger partial charge in [0.1, 0.15) is 0 Å². The average Bonchev–Trinajstić information content (AvgIpc) is 2.54. The van der Waals surface area contributed by atoms with Crippen molar-refractivity contribution in [2.75, 3.05) is 20.7 Å². The van der Waals surface area contributed by atoms with E-state index < -0.39 is 26.4 Å². The van der Waals surface area contributed by atoms with E-state index in [-0.39, 0.29) is 9.80 Å². The Balaban J connectivity index is 3.37. The van der Waals surface area contributed by atoms with Crippen molar-refractivity contribution in [2.24, 2.45) is 0 Å². The van der Waals surface area contributed by atoms with Crippen LogP contribution in [0, 0.1) is 0 Å². The monoisotopic (exact) mass is 358 g/mol. The second kappa shape index (κ2) is 8.97. The third-order valence-corrected chi connectivity index (χ3v) is 5.89. The molecule has 1 aromatic rings. The van der Waals surface area contributed by atoms with Crippen molar-refractivity contribution in [2.45, 2.75) is 17.3 Å². The lowest BCUT2D eigenvalue weighted by atomic mass is 10.4. The van der Waals surface area contributed by atoms with Crippen molar-refractivity contribution < 1.29 is 21.9 Å². The summed E-state index contributed by atoms with van der Waals surface area (Å²) < 4.78 is 53.0. The minimum absolute atomic E-state index is 0.0102. The van der Waals surface area contributed by atoms with Gasteiger partial charge in [0, 0.05) is 20.7 Å². The number of sulfone groups is 1. The maximum absolute atomic E-state index is 12.7. The van der Waals surface area contributed by atoms with E-state index in [0.29, 0.717) is 0 Å². The molecule has 0 saturated carbocycles. The minimum Gasteiger partial charge on any atom is -0.770 e. The highest BCUT2D eigenvalue weighted by molar-refractivity contribution is 7.96. The van der Waals surface area contributed by atoms with E-state index in [4.69, 9.17) is 4.74 Å². The zero-order chi connectivity index (χ0) is 17.5. The molecular formula is C15H20NO5S2-. The fourth-order valence-corrected chi connectivity index (χ4v) is 4.15. The van der Waals surface area contributed by atoms with Gasteiger partial charge in [-0.05, 0) is 48.5 Å². The standard InChI is InChI=1S/C15H21NO5S2/c1-4-16(2)12-8-11-14(15(21-3)22(17)18)23(19,20)13-9-6-5-7-10-13/h5-12,15H,4H2,1-3H3,(H,17,18)/p-1. The smallest absolute Gasteiger partial charge is 0.206 e. The van der Waals surface area contributed by atoms with Crippen LogP contribution in [-0.2, 0) is 25.7 Å².